The van der Waals surface area contributed by atoms with Gasteiger partial charge in [-0.05, 0) is 19.1 Å². The molecule has 17 heavy (non-hydrogen) atoms. The molecule has 1 amide bonds. The second kappa shape index (κ2) is 5.40. The molecule has 2 nitrogen and oxygen atoms in total. The van der Waals surface area contributed by atoms with E-state index in [0.29, 0.717) is 0 Å². The van der Waals surface area contributed by atoms with Gasteiger partial charge >= 0.3 is 6.18 Å². The zero-order valence-electron chi connectivity index (χ0n) is 9.01. The molecule has 0 radical (unpaired) electrons. The third-order valence-corrected chi connectivity index (χ3v) is 2.55. The Labute approximate surface area is 102 Å². The molecular formula is C11H11ClF3NO. The van der Waals surface area contributed by atoms with Crippen LogP contribution in [0.25, 0.3) is 0 Å². The van der Waals surface area contributed by atoms with Crippen molar-refractivity contribution in [2.75, 3.05) is 5.88 Å². The highest BCUT2D eigenvalue weighted by atomic mass is 35.5. The van der Waals surface area contributed by atoms with Gasteiger partial charge in [-0.25, -0.2) is 0 Å². The average molecular weight is 266 g/mol. The Hall–Kier alpha value is -1.23. The number of carbonyl (C=O) groups excluding carboxylic acids is 1. The molecular weight excluding hydrogens is 255 g/mol. The standard InChI is InChI=1S/C11H11ClF3NO/c1-7(6-12)16-10(17)8-4-2-3-5-9(8)11(13,14)15/h2-5,7H,6H2,1H3,(H,16,17). The van der Waals surface area contributed by atoms with E-state index in [1.54, 1.807) is 6.92 Å². The van der Waals surface area contributed by atoms with Crippen molar-refractivity contribution in [3.63, 3.8) is 0 Å². The molecule has 0 heterocycles. The van der Waals surface area contributed by atoms with Crippen molar-refractivity contribution in [2.24, 2.45) is 0 Å². The number of carbonyl (C=O) groups is 1. The van der Waals surface area contributed by atoms with Gasteiger partial charge in [0, 0.05) is 11.9 Å². The second-order valence-corrected chi connectivity index (χ2v) is 3.88. The molecule has 1 rings (SSSR count). The Balaban J connectivity index is 3.02. The van der Waals surface area contributed by atoms with Gasteiger partial charge in [0.25, 0.3) is 5.91 Å². The minimum Gasteiger partial charge on any atom is -0.348 e. The van der Waals surface area contributed by atoms with Crippen LogP contribution >= 0.6 is 11.6 Å². The van der Waals surface area contributed by atoms with Crippen molar-refractivity contribution in [1.29, 1.82) is 0 Å². The van der Waals surface area contributed by atoms with E-state index in [1.165, 1.54) is 12.1 Å². The van der Waals surface area contributed by atoms with E-state index in [-0.39, 0.29) is 11.9 Å². The molecule has 1 aromatic rings. The maximum atomic E-state index is 12.6. The second-order valence-electron chi connectivity index (χ2n) is 3.57. The van der Waals surface area contributed by atoms with Gasteiger partial charge in [-0.1, -0.05) is 12.1 Å². The number of nitrogens with one attached hydrogen (secondary N) is 1. The van der Waals surface area contributed by atoms with Crippen LogP contribution in [0, 0.1) is 0 Å². The highest BCUT2D eigenvalue weighted by Crippen LogP contribution is 2.31. The summed E-state index contributed by atoms with van der Waals surface area (Å²) in [5, 5.41) is 2.39. The highest BCUT2D eigenvalue weighted by molar-refractivity contribution is 6.18. The predicted molar refractivity (Wildman–Crippen MR) is 59.1 cm³/mol. The van der Waals surface area contributed by atoms with Crippen molar-refractivity contribution in [1.82, 2.24) is 5.32 Å². The summed E-state index contributed by atoms with van der Waals surface area (Å²) in [6.45, 7) is 1.61. The Morgan fingerprint density at radius 2 is 2.00 bits per heavy atom. The maximum absolute atomic E-state index is 12.6. The van der Waals surface area contributed by atoms with E-state index < -0.39 is 23.2 Å². The van der Waals surface area contributed by atoms with Crippen molar-refractivity contribution < 1.29 is 18.0 Å². The summed E-state index contributed by atoms with van der Waals surface area (Å²) in [5.41, 5.74) is -1.34. The molecule has 0 aliphatic heterocycles. The number of halogens is 4. The lowest BCUT2D eigenvalue weighted by molar-refractivity contribution is -0.137. The molecule has 94 valence electrons. The lowest BCUT2D eigenvalue weighted by Gasteiger charge is -2.14. The highest BCUT2D eigenvalue weighted by Gasteiger charge is 2.34. The smallest absolute Gasteiger partial charge is 0.348 e. The first kappa shape index (κ1) is 13.8. The van der Waals surface area contributed by atoms with Gasteiger partial charge in [0.05, 0.1) is 11.1 Å². The first-order valence-corrected chi connectivity index (χ1v) is 5.42. The summed E-state index contributed by atoms with van der Waals surface area (Å²) in [5.74, 6) is -0.633. The first-order valence-electron chi connectivity index (χ1n) is 4.89. The van der Waals surface area contributed by atoms with Crippen LogP contribution < -0.4 is 5.32 Å². The normalized spacial score (nSPS) is 13.2. The van der Waals surface area contributed by atoms with Gasteiger partial charge in [-0.2, -0.15) is 13.2 Å². The van der Waals surface area contributed by atoms with Gasteiger partial charge < -0.3 is 5.32 Å². The molecule has 1 atom stereocenters. The zero-order valence-corrected chi connectivity index (χ0v) is 9.77. The van der Waals surface area contributed by atoms with Gasteiger partial charge in [-0.15, -0.1) is 11.6 Å². The average Bonchev–Trinajstić information content (AvgIpc) is 2.27. The fourth-order valence-corrected chi connectivity index (χ4v) is 1.35. The molecule has 0 spiro atoms. The fourth-order valence-electron chi connectivity index (χ4n) is 1.27. The molecule has 1 unspecified atom stereocenters. The number of hydrogen-bond acceptors (Lipinski definition) is 1. The van der Waals surface area contributed by atoms with Gasteiger partial charge in [0.2, 0.25) is 0 Å². The largest absolute Gasteiger partial charge is 0.417 e. The Morgan fingerprint density at radius 3 is 2.53 bits per heavy atom. The van der Waals surface area contributed by atoms with Gasteiger partial charge in [0.15, 0.2) is 0 Å². The van der Waals surface area contributed by atoms with Crippen LogP contribution in [-0.2, 0) is 6.18 Å². The maximum Gasteiger partial charge on any atom is 0.417 e. The minimum atomic E-state index is -4.54. The lowest BCUT2D eigenvalue weighted by Crippen LogP contribution is -2.34. The molecule has 1 N–H and O–H groups in total. The van der Waals surface area contributed by atoms with Crippen LogP contribution in [0.5, 0.6) is 0 Å². The molecule has 0 aliphatic carbocycles. The van der Waals surface area contributed by atoms with E-state index in [0.717, 1.165) is 12.1 Å². The molecule has 0 bridgehead atoms. The number of hydrogen-bond donors (Lipinski definition) is 1. The number of rotatable bonds is 3. The van der Waals surface area contributed by atoms with Crippen LogP contribution in [0.1, 0.15) is 22.8 Å². The quantitative estimate of drug-likeness (QED) is 0.836. The van der Waals surface area contributed by atoms with Crippen molar-refractivity contribution in [3.05, 3.63) is 35.4 Å². The van der Waals surface area contributed by atoms with Crippen LogP contribution in [0.4, 0.5) is 13.2 Å². The third-order valence-electron chi connectivity index (χ3n) is 2.09. The summed E-state index contributed by atoms with van der Waals surface area (Å²) in [6, 6.07) is 4.25. The van der Waals surface area contributed by atoms with E-state index in [1.807, 2.05) is 0 Å². The number of amides is 1. The molecule has 0 saturated heterocycles. The first-order chi connectivity index (χ1) is 7.86. The van der Waals surface area contributed by atoms with Crippen LogP contribution in [0.2, 0.25) is 0 Å². The Morgan fingerprint density at radius 1 is 1.41 bits per heavy atom. The Kier molecular flexibility index (Phi) is 4.40. The zero-order chi connectivity index (χ0) is 13.1. The van der Waals surface area contributed by atoms with E-state index in [2.05, 4.69) is 5.32 Å². The monoisotopic (exact) mass is 265 g/mol. The van der Waals surface area contributed by atoms with Gasteiger partial charge in [-0.3, -0.25) is 4.79 Å². The minimum absolute atomic E-state index is 0.139. The molecule has 0 aromatic heterocycles. The molecule has 0 aliphatic rings. The van der Waals surface area contributed by atoms with E-state index >= 15 is 0 Å². The molecule has 0 saturated carbocycles. The van der Waals surface area contributed by atoms with Crippen molar-refractivity contribution >= 4 is 17.5 Å². The van der Waals surface area contributed by atoms with Gasteiger partial charge in [0.1, 0.15) is 0 Å². The predicted octanol–water partition coefficient (Wildman–Crippen LogP) is 3.06. The van der Waals surface area contributed by atoms with E-state index in [9.17, 15) is 18.0 Å². The summed E-state index contributed by atoms with van der Waals surface area (Å²) >= 11 is 5.48. The van der Waals surface area contributed by atoms with Crippen LogP contribution in [0.15, 0.2) is 24.3 Å². The molecule has 0 fully saturated rings. The summed E-state index contributed by atoms with van der Waals surface area (Å²) in [6.07, 6.45) is -4.54. The Bertz CT molecular complexity index is 406. The van der Waals surface area contributed by atoms with Crippen molar-refractivity contribution in [2.45, 2.75) is 19.1 Å². The SMILES string of the molecule is CC(CCl)NC(=O)c1ccccc1C(F)(F)F. The third kappa shape index (κ3) is 3.63. The summed E-state index contributed by atoms with van der Waals surface area (Å²) in [7, 11) is 0. The summed E-state index contributed by atoms with van der Waals surface area (Å²) in [4.78, 5) is 11.6. The molecule has 1 aromatic carbocycles. The van der Waals surface area contributed by atoms with Crippen molar-refractivity contribution in [3.8, 4) is 0 Å². The molecule has 6 heteroatoms. The van der Waals surface area contributed by atoms with E-state index in [4.69, 9.17) is 11.6 Å². The number of benzene rings is 1. The number of alkyl halides is 4. The topological polar surface area (TPSA) is 29.1 Å². The fraction of sp³-hybridized carbons (Fsp3) is 0.364. The van der Waals surface area contributed by atoms with Crippen LogP contribution in [0.3, 0.4) is 0 Å². The summed E-state index contributed by atoms with van der Waals surface area (Å²) < 4.78 is 37.9. The van der Waals surface area contributed by atoms with Crippen LogP contribution in [-0.4, -0.2) is 17.8 Å². The lowest BCUT2D eigenvalue weighted by atomic mass is 10.1.